The summed E-state index contributed by atoms with van der Waals surface area (Å²) in [6, 6.07) is 55.2. The van der Waals surface area contributed by atoms with Gasteiger partial charge in [-0.05, 0) is 75.0 Å². The van der Waals surface area contributed by atoms with E-state index in [1.807, 2.05) is 16.6 Å². The number of benzene rings is 6. The fourth-order valence-electron chi connectivity index (χ4n) is 7.67. The van der Waals surface area contributed by atoms with Crippen molar-refractivity contribution in [3.05, 3.63) is 203 Å². The number of rotatable bonds is 8. The van der Waals surface area contributed by atoms with Crippen molar-refractivity contribution in [3.8, 4) is 22.4 Å². The molecule has 0 amide bonds. The molecule has 1 aromatic heterocycles. The Morgan fingerprint density at radius 3 is 1.93 bits per heavy atom. The molecular weight excluding hydrogens is 658 g/mol. The molecule has 0 fully saturated rings. The number of allylic oxidation sites excluding steroid dienone is 2. The van der Waals surface area contributed by atoms with E-state index < -0.39 is 7.12 Å². The van der Waals surface area contributed by atoms with Crippen LogP contribution in [0.3, 0.4) is 0 Å². The molecule has 2 heterocycles. The van der Waals surface area contributed by atoms with Crippen LogP contribution in [0.25, 0.3) is 44.3 Å². The molecule has 8 rings (SSSR count). The summed E-state index contributed by atoms with van der Waals surface area (Å²) in [6.45, 7) is 10.5. The first-order chi connectivity index (χ1) is 26.2. The largest absolute Gasteiger partial charge is 0.462 e. The van der Waals surface area contributed by atoms with E-state index in [4.69, 9.17) is 4.99 Å². The third-order valence-electron chi connectivity index (χ3n) is 10.6. The fraction of sp³-hybridized carbons (Fsp3) is 0.140. The number of nitrogens with zero attached hydrogens (tertiary/aromatic N) is 2. The molecule has 6 aromatic carbocycles. The van der Waals surface area contributed by atoms with E-state index in [2.05, 4.69) is 179 Å². The van der Waals surface area contributed by atoms with Crippen LogP contribution in [0.1, 0.15) is 61.2 Å². The summed E-state index contributed by atoms with van der Waals surface area (Å²) in [5, 5.41) is 2.20. The molecule has 4 heteroatoms. The molecule has 1 aliphatic heterocycles. The fourth-order valence-corrected chi connectivity index (χ4v) is 7.67. The molecule has 0 saturated carbocycles. The summed E-state index contributed by atoms with van der Waals surface area (Å²) in [5.41, 5.74) is 13.8. The molecule has 54 heavy (non-hydrogen) atoms. The molecule has 264 valence electrons. The Labute approximate surface area is 319 Å². The first-order valence-electron chi connectivity index (χ1n) is 18.9. The predicted molar refractivity (Wildman–Crippen MR) is 229 cm³/mol. The van der Waals surface area contributed by atoms with Gasteiger partial charge in [0.25, 0.3) is 0 Å². The minimum Gasteiger partial charge on any atom is -0.355 e. The van der Waals surface area contributed by atoms with Gasteiger partial charge in [-0.1, -0.05) is 179 Å². The van der Waals surface area contributed by atoms with Crippen LogP contribution in [0.15, 0.2) is 174 Å². The lowest BCUT2D eigenvalue weighted by Gasteiger charge is -2.22. The Bertz CT molecular complexity index is 2540. The lowest BCUT2D eigenvalue weighted by molar-refractivity contribution is 0.590. The van der Waals surface area contributed by atoms with Crippen molar-refractivity contribution < 1.29 is 4.32 Å². The molecule has 0 bridgehead atoms. The lowest BCUT2D eigenvalue weighted by atomic mass is 9.84. The highest BCUT2D eigenvalue weighted by atomic mass is 19.1. The summed E-state index contributed by atoms with van der Waals surface area (Å²) in [7, 11) is -1.35. The van der Waals surface area contributed by atoms with Crippen LogP contribution in [-0.2, 0) is 11.8 Å². The molecule has 0 atom stereocenters. The second-order valence-electron chi connectivity index (χ2n) is 15.2. The summed E-state index contributed by atoms with van der Waals surface area (Å²) in [6.07, 6.45) is 3.17. The Balaban J connectivity index is 1.52. The average molecular weight is 703 g/mol. The Morgan fingerprint density at radius 2 is 1.28 bits per heavy atom. The minimum atomic E-state index is -1.35. The van der Waals surface area contributed by atoms with Crippen LogP contribution >= 0.6 is 0 Å². The number of aromatic nitrogens is 1. The summed E-state index contributed by atoms with van der Waals surface area (Å²) < 4.78 is 18.7. The van der Waals surface area contributed by atoms with Gasteiger partial charge in [0.15, 0.2) is 0 Å². The van der Waals surface area contributed by atoms with Gasteiger partial charge in [-0.3, -0.25) is 0 Å². The van der Waals surface area contributed by atoms with Crippen molar-refractivity contribution in [1.82, 2.24) is 4.48 Å². The predicted octanol–water partition coefficient (Wildman–Crippen LogP) is 13.1. The highest BCUT2D eigenvalue weighted by Crippen LogP contribution is 2.46. The SMILES string of the molecule is CCc1ccc(C2=N/C(=C(/c3cccc4ccccc34)c3c(-c4ccccc4)cc(-c4ccc(C(C)(C)C)cc4)n3B(C)F)C(c3ccccc3)=C2)cc1. The van der Waals surface area contributed by atoms with E-state index in [1.165, 1.54) is 11.1 Å². The average Bonchev–Trinajstić information content (AvgIpc) is 3.82. The van der Waals surface area contributed by atoms with E-state index >= 15 is 4.32 Å². The molecule has 0 aliphatic carbocycles. The minimum absolute atomic E-state index is 0.00453. The molecule has 7 aromatic rings. The zero-order valence-corrected chi connectivity index (χ0v) is 31.6. The second-order valence-corrected chi connectivity index (χ2v) is 15.2. The molecular formula is C50H44BFN2. The van der Waals surface area contributed by atoms with Crippen molar-refractivity contribution in [2.24, 2.45) is 4.99 Å². The van der Waals surface area contributed by atoms with Gasteiger partial charge >= 0.3 is 7.12 Å². The zero-order chi connectivity index (χ0) is 37.4. The molecule has 0 spiro atoms. The number of aliphatic imine (C=N–C) groups is 1. The molecule has 1 aliphatic rings. The highest BCUT2D eigenvalue weighted by molar-refractivity contribution is 6.49. The van der Waals surface area contributed by atoms with Gasteiger partial charge in [-0.15, -0.1) is 0 Å². The maximum atomic E-state index is 16.8. The number of hydrogen-bond donors (Lipinski definition) is 0. The smallest absolute Gasteiger partial charge is 0.355 e. The molecule has 0 radical (unpaired) electrons. The summed E-state index contributed by atoms with van der Waals surface area (Å²) in [5.74, 6) is 0. The molecule has 2 nitrogen and oxygen atoms in total. The van der Waals surface area contributed by atoms with Gasteiger partial charge < -0.3 is 8.79 Å². The standard InChI is InChI=1S/C50H44BFN2/c1-6-34-24-26-38(27-25-34)45-32-43(36-16-9-7-10-17-36)48(53-45)47(42-23-15-21-35-20-13-14-22-41(35)42)49-44(37-18-11-8-12-19-37)33-46(54(49)51(5)52)39-28-30-40(31-29-39)50(2,3)4/h7-33H,6H2,1-5H3/b48-47-. The van der Waals surface area contributed by atoms with E-state index in [0.717, 1.165) is 84.5 Å². The van der Waals surface area contributed by atoms with Gasteiger partial charge in [0, 0.05) is 33.7 Å². The van der Waals surface area contributed by atoms with Crippen LogP contribution in [0.4, 0.5) is 4.32 Å². The van der Waals surface area contributed by atoms with Crippen LogP contribution < -0.4 is 0 Å². The third kappa shape index (κ3) is 6.58. The summed E-state index contributed by atoms with van der Waals surface area (Å²) in [4.78, 5) is 5.56. The highest BCUT2D eigenvalue weighted by Gasteiger charge is 2.32. The van der Waals surface area contributed by atoms with Crippen molar-refractivity contribution in [1.29, 1.82) is 0 Å². The number of aryl methyl sites for hydroxylation is 1. The Hall–Kier alpha value is -6.00. The van der Waals surface area contributed by atoms with Crippen molar-refractivity contribution in [2.45, 2.75) is 46.4 Å². The van der Waals surface area contributed by atoms with Crippen molar-refractivity contribution >= 4 is 34.8 Å². The maximum Gasteiger partial charge on any atom is 0.462 e. The Kier molecular flexibility index (Phi) is 9.37. The van der Waals surface area contributed by atoms with Crippen LogP contribution in [0, 0.1) is 0 Å². The third-order valence-corrected chi connectivity index (χ3v) is 10.6. The van der Waals surface area contributed by atoms with Gasteiger partial charge in [0.2, 0.25) is 0 Å². The van der Waals surface area contributed by atoms with E-state index in [0.29, 0.717) is 0 Å². The van der Waals surface area contributed by atoms with Crippen molar-refractivity contribution in [2.75, 3.05) is 0 Å². The zero-order valence-electron chi connectivity index (χ0n) is 31.6. The van der Waals surface area contributed by atoms with Crippen LogP contribution in [0.5, 0.6) is 0 Å². The topological polar surface area (TPSA) is 17.3 Å². The lowest BCUT2D eigenvalue weighted by Crippen LogP contribution is -2.19. The summed E-state index contributed by atoms with van der Waals surface area (Å²) >= 11 is 0. The first-order valence-corrected chi connectivity index (χ1v) is 18.9. The number of fused-ring (bicyclic) bond motifs is 1. The van der Waals surface area contributed by atoms with Crippen molar-refractivity contribution in [3.63, 3.8) is 0 Å². The second kappa shape index (κ2) is 14.4. The monoisotopic (exact) mass is 702 g/mol. The Morgan fingerprint density at radius 1 is 0.667 bits per heavy atom. The van der Waals surface area contributed by atoms with Crippen LogP contribution in [-0.4, -0.2) is 17.3 Å². The van der Waals surface area contributed by atoms with Gasteiger partial charge in [0.1, 0.15) is 0 Å². The maximum absolute atomic E-state index is 16.8. The van der Waals surface area contributed by atoms with E-state index in [9.17, 15) is 0 Å². The first kappa shape index (κ1) is 35.1. The molecule has 0 saturated heterocycles. The normalized spacial score (nSPS) is 13.9. The van der Waals surface area contributed by atoms with Crippen LogP contribution in [0.2, 0.25) is 6.82 Å². The van der Waals surface area contributed by atoms with E-state index in [-0.39, 0.29) is 5.41 Å². The van der Waals surface area contributed by atoms with E-state index in [1.54, 1.807) is 6.82 Å². The number of halogens is 1. The molecule has 0 unspecified atom stereocenters. The van der Waals surface area contributed by atoms with Gasteiger partial charge in [-0.2, -0.15) is 0 Å². The van der Waals surface area contributed by atoms with Gasteiger partial charge in [-0.25, -0.2) is 4.99 Å². The number of hydrogen-bond acceptors (Lipinski definition) is 1. The molecule has 0 N–H and O–H groups in total. The quantitative estimate of drug-likeness (QED) is 0.140. The van der Waals surface area contributed by atoms with Gasteiger partial charge in [0.05, 0.1) is 11.4 Å².